The van der Waals surface area contributed by atoms with Crippen molar-refractivity contribution in [2.75, 3.05) is 6.61 Å². The highest BCUT2D eigenvalue weighted by Crippen LogP contribution is 2.30. The van der Waals surface area contributed by atoms with Crippen molar-refractivity contribution in [1.29, 1.82) is 5.26 Å². The monoisotopic (exact) mass is 334 g/mol. The predicted octanol–water partition coefficient (Wildman–Crippen LogP) is 4.11. The van der Waals surface area contributed by atoms with Crippen LogP contribution in [0, 0.1) is 11.3 Å². The molecule has 0 aliphatic carbocycles. The number of ketones is 1. The molecule has 0 saturated carbocycles. The zero-order valence-corrected chi connectivity index (χ0v) is 13.7. The van der Waals surface area contributed by atoms with Crippen LogP contribution in [0.1, 0.15) is 24.3 Å². The number of carbonyl (C=O) groups excluding carboxylic acids is 1. The molecule has 2 atom stereocenters. The molecule has 1 aromatic heterocycles. The Bertz CT molecular complexity index is 735. The first-order valence-electron chi connectivity index (χ1n) is 6.78. The van der Waals surface area contributed by atoms with Crippen LogP contribution in [-0.2, 0) is 9.53 Å². The topological polar surface area (TPSA) is 63.0 Å². The second kappa shape index (κ2) is 7.50. The number of thiazole rings is 1. The van der Waals surface area contributed by atoms with Crippen LogP contribution in [0.2, 0.25) is 5.02 Å². The molecule has 0 aliphatic heterocycles. The Morgan fingerprint density at radius 3 is 3.09 bits per heavy atom. The molecular weight excluding hydrogens is 320 g/mol. The lowest BCUT2D eigenvalue weighted by Gasteiger charge is -2.13. The van der Waals surface area contributed by atoms with E-state index in [4.69, 9.17) is 16.3 Å². The lowest BCUT2D eigenvalue weighted by Crippen LogP contribution is -2.26. The maximum atomic E-state index is 12.4. The Morgan fingerprint density at radius 1 is 1.64 bits per heavy atom. The quantitative estimate of drug-likeness (QED) is 0.564. The summed E-state index contributed by atoms with van der Waals surface area (Å²) in [5.41, 5.74) is 0.695. The molecule has 4 nitrogen and oxygen atoms in total. The molecule has 114 valence electrons. The van der Waals surface area contributed by atoms with Gasteiger partial charge < -0.3 is 4.74 Å². The standard InChI is InChI=1S/C16H15ClN2O2S/c1-3-4-7-21-10(2)15(20)12(9-18)16-19-13-8-11(17)5-6-14(13)22-16/h3,5-6,8,10,12H,1,4,7H2,2H3/t10-,12+/m0/s1. The van der Waals surface area contributed by atoms with E-state index in [0.717, 1.165) is 4.70 Å². The van der Waals surface area contributed by atoms with E-state index in [1.54, 1.807) is 25.1 Å². The van der Waals surface area contributed by atoms with Gasteiger partial charge in [0.05, 0.1) is 22.9 Å². The van der Waals surface area contributed by atoms with Gasteiger partial charge in [0, 0.05) is 5.02 Å². The van der Waals surface area contributed by atoms with Crippen LogP contribution in [0.4, 0.5) is 0 Å². The van der Waals surface area contributed by atoms with Crippen LogP contribution in [0.25, 0.3) is 10.2 Å². The summed E-state index contributed by atoms with van der Waals surface area (Å²) in [7, 11) is 0. The normalized spacial score (nSPS) is 13.5. The Hall–Kier alpha value is -1.74. The van der Waals surface area contributed by atoms with Gasteiger partial charge in [-0.1, -0.05) is 17.7 Å². The number of hydrogen-bond acceptors (Lipinski definition) is 5. The molecule has 22 heavy (non-hydrogen) atoms. The van der Waals surface area contributed by atoms with Crippen LogP contribution in [-0.4, -0.2) is 23.5 Å². The van der Waals surface area contributed by atoms with Gasteiger partial charge in [0.25, 0.3) is 0 Å². The van der Waals surface area contributed by atoms with Crippen LogP contribution >= 0.6 is 22.9 Å². The SMILES string of the molecule is C=CCCO[C@@H](C)C(=O)[C@@H](C#N)c1nc2cc(Cl)ccc2s1. The summed E-state index contributed by atoms with van der Waals surface area (Å²) in [5.74, 6) is -1.20. The van der Waals surface area contributed by atoms with Gasteiger partial charge in [-0.25, -0.2) is 4.98 Å². The van der Waals surface area contributed by atoms with Crippen molar-refractivity contribution in [3.05, 3.63) is 40.9 Å². The molecule has 6 heteroatoms. The first-order valence-corrected chi connectivity index (χ1v) is 7.98. The van der Waals surface area contributed by atoms with E-state index >= 15 is 0 Å². The van der Waals surface area contributed by atoms with Gasteiger partial charge in [0.15, 0.2) is 11.7 Å². The van der Waals surface area contributed by atoms with Crippen molar-refractivity contribution in [1.82, 2.24) is 4.98 Å². The number of hydrogen-bond donors (Lipinski definition) is 0. The second-order valence-corrected chi connectivity index (χ2v) is 6.22. The van der Waals surface area contributed by atoms with E-state index in [2.05, 4.69) is 11.6 Å². The van der Waals surface area contributed by atoms with E-state index in [1.165, 1.54) is 11.3 Å². The molecule has 1 heterocycles. The van der Waals surface area contributed by atoms with Crippen molar-refractivity contribution < 1.29 is 9.53 Å². The number of nitrogens with zero attached hydrogens (tertiary/aromatic N) is 2. The minimum absolute atomic E-state index is 0.281. The molecule has 0 unspecified atom stereocenters. The van der Waals surface area contributed by atoms with E-state index in [1.807, 2.05) is 12.1 Å². The number of rotatable bonds is 7. The van der Waals surface area contributed by atoms with Gasteiger partial charge in [-0.15, -0.1) is 17.9 Å². The van der Waals surface area contributed by atoms with Gasteiger partial charge in [0.2, 0.25) is 0 Å². The predicted molar refractivity (Wildman–Crippen MR) is 88.2 cm³/mol. The maximum absolute atomic E-state index is 12.4. The third kappa shape index (κ3) is 3.72. The fourth-order valence-corrected chi connectivity index (χ4v) is 3.09. The van der Waals surface area contributed by atoms with Gasteiger partial charge in [0.1, 0.15) is 11.1 Å². The van der Waals surface area contributed by atoms with Crippen molar-refractivity contribution in [3.63, 3.8) is 0 Å². The second-order valence-electron chi connectivity index (χ2n) is 4.72. The fourth-order valence-electron chi connectivity index (χ4n) is 1.93. The van der Waals surface area contributed by atoms with Gasteiger partial charge in [-0.2, -0.15) is 5.26 Å². The van der Waals surface area contributed by atoms with E-state index in [-0.39, 0.29) is 5.78 Å². The van der Waals surface area contributed by atoms with Crippen molar-refractivity contribution >= 4 is 38.9 Å². The summed E-state index contributed by atoms with van der Waals surface area (Å²) in [6.45, 7) is 5.66. The van der Waals surface area contributed by atoms with E-state index in [9.17, 15) is 10.1 Å². The van der Waals surface area contributed by atoms with Gasteiger partial charge in [-0.05, 0) is 31.5 Å². The van der Waals surface area contributed by atoms with Crippen molar-refractivity contribution in [2.45, 2.75) is 25.4 Å². The average Bonchev–Trinajstić information content (AvgIpc) is 2.90. The lowest BCUT2D eigenvalue weighted by molar-refractivity contribution is -0.129. The molecule has 0 fully saturated rings. The zero-order chi connectivity index (χ0) is 16.1. The van der Waals surface area contributed by atoms with Gasteiger partial charge in [-0.3, -0.25) is 4.79 Å². The Morgan fingerprint density at radius 2 is 2.41 bits per heavy atom. The Labute approximate surface area is 138 Å². The summed E-state index contributed by atoms with van der Waals surface area (Å²) in [4.78, 5) is 16.7. The van der Waals surface area contributed by atoms with Crippen LogP contribution in [0.3, 0.4) is 0 Å². The highest BCUT2D eigenvalue weighted by molar-refractivity contribution is 7.18. The number of aromatic nitrogens is 1. The number of ether oxygens (including phenoxy) is 1. The summed E-state index contributed by atoms with van der Waals surface area (Å²) in [5, 5.41) is 10.4. The summed E-state index contributed by atoms with van der Waals surface area (Å²) in [6.07, 6.45) is 1.73. The molecule has 2 rings (SSSR count). The first kappa shape index (κ1) is 16.6. The van der Waals surface area contributed by atoms with Crippen molar-refractivity contribution in [2.24, 2.45) is 0 Å². The minimum atomic E-state index is -0.921. The van der Waals surface area contributed by atoms with Crippen LogP contribution in [0.5, 0.6) is 0 Å². The smallest absolute Gasteiger partial charge is 0.185 e. The van der Waals surface area contributed by atoms with Crippen LogP contribution < -0.4 is 0 Å². The third-order valence-corrected chi connectivity index (χ3v) is 4.45. The number of halogens is 1. The maximum Gasteiger partial charge on any atom is 0.185 e. The van der Waals surface area contributed by atoms with Crippen molar-refractivity contribution in [3.8, 4) is 6.07 Å². The molecule has 0 radical (unpaired) electrons. The molecule has 0 bridgehead atoms. The third-order valence-electron chi connectivity index (χ3n) is 3.12. The molecule has 0 aliphatic rings. The van der Waals surface area contributed by atoms with E-state index in [0.29, 0.717) is 28.6 Å². The highest BCUT2D eigenvalue weighted by atomic mass is 35.5. The molecule has 0 spiro atoms. The Kier molecular flexibility index (Phi) is 5.67. The number of benzene rings is 1. The Balaban J connectivity index is 2.20. The minimum Gasteiger partial charge on any atom is -0.370 e. The molecule has 0 N–H and O–H groups in total. The number of fused-ring (bicyclic) bond motifs is 1. The summed E-state index contributed by atoms with van der Waals surface area (Å²) < 4.78 is 6.32. The number of Topliss-reactive ketones (excluding diaryl/α,β-unsaturated/α-hetero) is 1. The summed E-state index contributed by atoms with van der Waals surface area (Å²) in [6, 6.07) is 7.35. The van der Waals surface area contributed by atoms with Gasteiger partial charge >= 0.3 is 0 Å². The molecule has 0 amide bonds. The lowest BCUT2D eigenvalue weighted by atomic mass is 10.0. The summed E-state index contributed by atoms with van der Waals surface area (Å²) >= 11 is 7.26. The van der Waals surface area contributed by atoms with E-state index < -0.39 is 12.0 Å². The first-order chi connectivity index (χ1) is 10.6. The number of nitriles is 1. The zero-order valence-electron chi connectivity index (χ0n) is 12.1. The molecule has 2 aromatic rings. The molecule has 0 saturated heterocycles. The molecular formula is C16H15ClN2O2S. The fraction of sp³-hybridized carbons (Fsp3) is 0.312. The van der Waals surface area contributed by atoms with Crippen LogP contribution in [0.15, 0.2) is 30.9 Å². The molecule has 1 aromatic carbocycles. The largest absolute Gasteiger partial charge is 0.370 e. The number of carbonyl (C=O) groups is 1. The average molecular weight is 335 g/mol. The highest BCUT2D eigenvalue weighted by Gasteiger charge is 2.28.